The predicted octanol–water partition coefficient (Wildman–Crippen LogP) is 4.56. The SMILES string of the molecule is CC(C)c1nc(COc2ccc(Cl)cc2)sc1CC#N. The third-order valence-electron chi connectivity index (χ3n) is 2.73. The number of ether oxygens (including phenoxy) is 1. The average Bonchev–Trinajstić information content (AvgIpc) is 2.82. The van der Waals surface area contributed by atoms with Gasteiger partial charge in [-0.05, 0) is 30.2 Å². The molecule has 1 heterocycles. The van der Waals surface area contributed by atoms with Crippen LogP contribution in [0.5, 0.6) is 5.75 Å². The van der Waals surface area contributed by atoms with Gasteiger partial charge in [-0.15, -0.1) is 11.3 Å². The zero-order valence-corrected chi connectivity index (χ0v) is 13.0. The van der Waals surface area contributed by atoms with Gasteiger partial charge in [0.2, 0.25) is 0 Å². The van der Waals surface area contributed by atoms with Crippen LogP contribution in [0.15, 0.2) is 24.3 Å². The molecule has 0 radical (unpaired) electrons. The van der Waals surface area contributed by atoms with Gasteiger partial charge in [0.25, 0.3) is 0 Å². The lowest BCUT2D eigenvalue weighted by atomic mass is 10.1. The van der Waals surface area contributed by atoms with Gasteiger partial charge in [0.15, 0.2) is 0 Å². The Morgan fingerprint density at radius 2 is 2.05 bits per heavy atom. The largest absolute Gasteiger partial charge is 0.486 e. The number of rotatable bonds is 5. The molecule has 0 fully saturated rings. The van der Waals surface area contributed by atoms with Gasteiger partial charge in [-0.25, -0.2) is 4.98 Å². The number of benzene rings is 1. The molecule has 0 saturated heterocycles. The van der Waals surface area contributed by atoms with Crippen molar-refractivity contribution in [2.75, 3.05) is 0 Å². The van der Waals surface area contributed by atoms with Crippen LogP contribution in [-0.2, 0) is 13.0 Å². The second-order valence-electron chi connectivity index (χ2n) is 4.65. The summed E-state index contributed by atoms with van der Waals surface area (Å²) in [5.41, 5.74) is 1.01. The number of nitrogens with zero attached hydrogens (tertiary/aromatic N) is 2. The summed E-state index contributed by atoms with van der Waals surface area (Å²) in [6, 6.07) is 9.43. The molecule has 0 amide bonds. The van der Waals surface area contributed by atoms with E-state index in [1.54, 1.807) is 23.5 Å². The van der Waals surface area contributed by atoms with E-state index in [0.29, 0.717) is 24.0 Å². The maximum absolute atomic E-state index is 8.85. The highest BCUT2D eigenvalue weighted by Crippen LogP contribution is 2.26. The van der Waals surface area contributed by atoms with E-state index in [9.17, 15) is 0 Å². The summed E-state index contributed by atoms with van der Waals surface area (Å²) >= 11 is 7.38. The number of halogens is 1. The summed E-state index contributed by atoms with van der Waals surface area (Å²) < 4.78 is 5.68. The van der Waals surface area contributed by atoms with Crippen LogP contribution in [-0.4, -0.2) is 4.98 Å². The molecule has 0 aliphatic rings. The Morgan fingerprint density at radius 1 is 1.35 bits per heavy atom. The number of nitriles is 1. The maximum Gasteiger partial charge on any atom is 0.140 e. The highest BCUT2D eigenvalue weighted by molar-refractivity contribution is 7.11. The quantitative estimate of drug-likeness (QED) is 0.813. The molecule has 20 heavy (non-hydrogen) atoms. The molecule has 0 N–H and O–H groups in total. The van der Waals surface area contributed by atoms with E-state index in [1.807, 2.05) is 12.1 Å². The molecule has 5 heteroatoms. The molecule has 0 unspecified atom stereocenters. The lowest BCUT2D eigenvalue weighted by molar-refractivity contribution is 0.305. The Hall–Kier alpha value is -1.57. The fourth-order valence-corrected chi connectivity index (χ4v) is 3.00. The molecule has 0 aliphatic heterocycles. The zero-order chi connectivity index (χ0) is 14.5. The second-order valence-corrected chi connectivity index (χ2v) is 6.25. The van der Waals surface area contributed by atoms with E-state index in [4.69, 9.17) is 21.6 Å². The molecular weight excluding hydrogens is 292 g/mol. The van der Waals surface area contributed by atoms with E-state index in [2.05, 4.69) is 24.9 Å². The van der Waals surface area contributed by atoms with Crippen molar-refractivity contribution in [1.29, 1.82) is 5.26 Å². The van der Waals surface area contributed by atoms with Gasteiger partial charge in [-0.1, -0.05) is 25.4 Å². The van der Waals surface area contributed by atoms with Crippen molar-refractivity contribution in [2.24, 2.45) is 0 Å². The van der Waals surface area contributed by atoms with Crippen molar-refractivity contribution in [3.05, 3.63) is 44.9 Å². The molecule has 0 spiro atoms. The molecule has 1 aromatic heterocycles. The molecule has 0 aliphatic carbocycles. The van der Waals surface area contributed by atoms with Crippen LogP contribution in [0, 0.1) is 11.3 Å². The summed E-state index contributed by atoms with van der Waals surface area (Å²) in [6.45, 7) is 4.58. The molecule has 0 saturated carbocycles. The van der Waals surface area contributed by atoms with E-state index in [1.165, 1.54) is 0 Å². The van der Waals surface area contributed by atoms with Gasteiger partial charge < -0.3 is 4.74 Å². The molecule has 2 aromatic rings. The van der Waals surface area contributed by atoms with Crippen molar-refractivity contribution >= 4 is 22.9 Å². The second kappa shape index (κ2) is 6.74. The smallest absolute Gasteiger partial charge is 0.140 e. The van der Waals surface area contributed by atoms with E-state index in [0.717, 1.165) is 21.3 Å². The van der Waals surface area contributed by atoms with Crippen LogP contribution in [0.1, 0.15) is 35.3 Å². The number of hydrogen-bond donors (Lipinski definition) is 0. The monoisotopic (exact) mass is 306 g/mol. The summed E-state index contributed by atoms with van der Waals surface area (Å²) in [5, 5.41) is 10.4. The fraction of sp³-hybridized carbons (Fsp3) is 0.333. The molecule has 3 nitrogen and oxygen atoms in total. The fourth-order valence-electron chi connectivity index (χ4n) is 1.80. The summed E-state index contributed by atoms with van der Waals surface area (Å²) in [4.78, 5) is 5.62. The summed E-state index contributed by atoms with van der Waals surface area (Å²) in [6.07, 6.45) is 0.409. The van der Waals surface area contributed by atoms with E-state index < -0.39 is 0 Å². The number of aromatic nitrogens is 1. The maximum atomic E-state index is 8.85. The van der Waals surface area contributed by atoms with E-state index in [-0.39, 0.29) is 0 Å². The van der Waals surface area contributed by atoms with Crippen LogP contribution >= 0.6 is 22.9 Å². The van der Waals surface area contributed by atoms with Crippen LogP contribution in [0.25, 0.3) is 0 Å². The normalized spacial score (nSPS) is 10.6. The topological polar surface area (TPSA) is 45.9 Å². The van der Waals surface area contributed by atoms with Crippen molar-refractivity contribution < 1.29 is 4.74 Å². The Kier molecular flexibility index (Phi) is 4.99. The Morgan fingerprint density at radius 3 is 2.65 bits per heavy atom. The van der Waals surface area contributed by atoms with Gasteiger partial charge in [0.05, 0.1) is 18.2 Å². The molecule has 0 bridgehead atoms. The molecule has 2 rings (SSSR count). The average molecular weight is 307 g/mol. The van der Waals surface area contributed by atoms with Gasteiger partial charge in [0, 0.05) is 9.90 Å². The van der Waals surface area contributed by atoms with Crippen molar-refractivity contribution in [2.45, 2.75) is 32.8 Å². The minimum Gasteiger partial charge on any atom is -0.486 e. The molecule has 0 atom stereocenters. The van der Waals surface area contributed by atoms with Crippen LogP contribution < -0.4 is 4.74 Å². The van der Waals surface area contributed by atoms with Gasteiger partial charge in [-0.2, -0.15) is 5.26 Å². The minimum atomic E-state index is 0.318. The highest BCUT2D eigenvalue weighted by atomic mass is 35.5. The standard InChI is InChI=1S/C15H15ClN2OS/c1-10(2)15-13(7-8-17)20-14(18-15)9-19-12-5-3-11(16)4-6-12/h3-6,10H,7,9H2,1-2H3. The molecule has 1 aromatic carbocycles. The molecule has 104 valence electrons. The first-order chi connectivity index (χ1) is 9.60. The minimum absolute atomic E-state index is 0.318. The van der Waals surface area contributed by atoms with Crippen LogP contribution in [0.2, 0.25) is 5.02 Å². The van der Waals surface area contributed by atoms with E-state index >= 15 is 0 Å². The number of thiazole rings is 1. The highest BCUT2D eigenvalue weighted by Gasteiger charge is 2.14. The Balaban J connectivity index is 2.08. The first kappa shape index (κ1) is 14.8. The third kappa shape index (κ3) is 3.72. The summed E-state index contributed by atoms with van der Waals surface area (Å²) in [5.74, 6) is 1.08. The summed E-state index contributed by atoms with van der Waals surface area (Å²) in [7, 11) is 0. The Labute approximate surface area is 127 Å². The van der Waals surface area contributed by atoms with Gasteiger partial charge in [-0.3, -0.25) is 0 Å². The zero-order valence-electron chi connectivity index (χ0n) is 11.4. The van der Waals surface area contributed by atoms with Gasteiger partial charge >= 0.3 is 0 Å². The molecular formula is C15H15ClN2OS. The van der Waals surface area contributed by atoms with Crippen molar-refractivity contribution in [3.8, 4) is 11.8 Å². The lowest BCUT2D eigenvalue weighted by Crippen LogP contribution is -1.96. The first-order valence-electron chi connectivity index (χ1n) is 6.34. The van der Waals surface area contributed by atoms with Crippen molar-refractivity contribution in [1.82, 2.24) is 4.98 Å². The van der Waals surface area contributed by atoms with Crippen molar-refractivity contribution in [3.63, 3.8) is 0 Å². The Bertz CT molecular complexity index is 614. The van der Waals surface area contributed by atoms with Crippen LogP contribution in [0.4, 0.5) is 0 Å². The van der Waals surface area contributed by atoms with Crippen LogP contribution in [0.3, 0.4) is 0 Å². The lowest BCUT2D eigenvalue weighted by Gasteiger charge is -2.03. The third-order valence-corrected chi connectivity index (χ3v) is 4.03. The van der Waals surface area contributed by atoms with Gasteiger partial charge in [0.1, 0.15) is 17.4 Å². The number of hydrogen-bond acceptors (Lipinski definition) is 4. The predicted molar refractivity (Wildman–Crippen MR) is 81.3 cm³/mol. The first-order valence-corrected chi connectivity index (χ1v) is 7.53.